The second kappa shape index (κ2) is 16.6. The summed E-state index contributed by atoms with van der Waals surface area (Å²) in [5.41, 5.74) is -1.15. The van der Waals surface area contributed by atoms with Gasteiger partial charge in [0.1, 0.15) is 24.0 Å². The molecule has 0 spiro atoms. The lowest BCUT2D eigenvalue weighted by molar-refractivity contribution is -0.288. The van der Waals surface area contributed by atoms with E-state index in [-0.39, 0.29) is 27.8 Å². The minimum Gasteiger partial charge on any atom is -0.463 e. The van der Waals surface area contributed by atoms with Crippen molar-refractivity contribution >= 4 is 46.8 Å². The molecule has 1 aliphatic rings. The van der Waals surface area contributed by atoms with E-state index in [0.29, 0.717) is 0 Å². The van der Waals surface area contributed by atoms with E-state index in [4.69, 9.17) is 42.3 Å². The van der Waals surface area contributed by atoms with Crippen LogP contribution in [0, 0.1) is 0 Å². The molecule has 0 amide bonds. The molecule has 0 bridgehead atoms. The Labute approximate surface area is 300 Å². The molecule has 5 rings (SSSR count). The average Bonchev–Trinajstić information content (AvgIpc) is 3.11. The number of benzene rings is 3. The minimum atomic E-state index is -1.83. The number of ether oxygens (including phenoxy) is 8. The van der Waals surface area contributed by atoms with Crippen LogP contribution in [0.1, 0.15) is 48.4 Å². The highest BCUT2D eigenvalue weighted by Crippen LogP contribution is 2.39. The third-order valence-electron chi connectivity index (χ3n) is 7.40. The molecule has 2 heterocycles. The van der Waals surface area contributed by atoms with Gasteiger partial charge in [0, 0.05) is 33.8 Å². The Morgan fingerprint density at radius 2 is 1.17 bits per heavy atom. The first-order valence-corrected chi connectivity index (χ1v) is 15.9. The molecule has 3 aromatic carbocycles. The molecule has 4 aromatic rings. The van der Waals surface area contributed by atoms with Crippen LogP contribution < -0.4 is 19.8 Å². The second-order valence-corrected chi connectivity index (χ2v) is 11.4. The first-order valence-electron chi connectivity index (χ1n) is 15.9. The van der Waals surface area contributed by atoms with Crippen molar-refractivity contribution in [2.45, 2.75) is 58.4 Å². The number of hydrogen-bond donors (Lipinski definition) is 0. The zero-order valence-corrected chi connectivity index (χ0v) is 28.6. The lowest BCUT2D eigenvalue weighted by Gasteiger charge is -2.44. The summed E-state index contributed by atoms with van der Waals surface area (Å²) in [6, 6.07) is 19.6. The Hall–Kier alpha value is -6.55. The summed E-state index contributed by atoms with van der Waals surface area (Å²) in [6.07, 6.45) is -8.07. The van der Waals surface area contributed by atoms with E-state index in [1.807, 2.05) is 0 Å². The third-order valence-corrected chi connectivity index (χ3v) is 7.40. The van der Waals surface area contributed by atoms with E-state index in [1.165, 1.54) is 42.5 Å². The predicted octanol–water partition coefficient (Wildman–Crippen LogP) is 3.69. The van der Waals surface area contributed by atoms with E-state index in [0.717, 1.165) is 27.7 Å². The fourth-order valence-corrected chi connectivity index (χ4v) is 5.27. The van der Waals surface area contributed by atoms with Gasteiger partial charge < -0.3 is 42.3 Å². The zero-order chi connectivity index (χ0) is 38.2. The zero-order valence-electron chi connectivity index (χ0n) is 28.6. The summed E-state index contributed by atoms with van der Waals surface area (Å²) in [5.74, 6) is -6.40. The van der Waals surface area contributed by atoms with Gasteiger partial charge in [-0.25, -0.2) is 14.4 Å². The average molecular weight is 733 g/mol. The Morgan fingerprint density at radius 3 is 1.74 bits per heavy atom. The van der Waals surface area contributed by atoms with Crippen molar-refractivity contribution in [3.63, 3.8) is 0 Å². The van der Waals surface area contributed by atoms with Gasteiger partial charge in [0.15, 0.2) is 18.0 Å². The van der Waals surface area contributed by atoms with E-state index >= 15 is 0 Å². The van der Waals surface area contributed by atoms with Crippen LogP contribution in [0.2, 0.25) is 0 Å². The Bertz CT molecular complexity index is 2070. The van der Waals surface area contributed by atoms with Crippen LogP contribution in [0.5, 0.6) is 17.2 Å². The summed E-state index contributed by atoms with van der Waals surface area (Å²) >= 11 is 0. The maximum Gasteiger partial charge on any atom is 0.383 e. The summed E-state index contributed by atoms with van der Waals surface area (Å²) in [5, 5.41) is -0.0344. The molecule has 0 aliphatic carbocycles. The van der Waals surface area contributed by atoms with Crippen molar-refractivity contribution in [1.82, 2.24) is 0 Å². The standard InChI is InChI=1S/C37H32O16/c1-19(38)45-18-28-30(46-20(2)39)31(47-21(3)40)33(48-22(4)41)37(51-28)53-29-26-16-15-25(49-34(42)23-11-7-5-8-12-23)17-27(26)50-36(44)32(29)52-35(43)24-13-9-6-10-14-24/h5-17,28,30-31,33,37H,18H2,1-4H3/t28-,30-,31+,33+,37-/m1/s1. The molecule has 16 nitrogen and oxygen atoms in total. The van der Waals surface area contributed by atoms with E-state index < -0.39 is 90.3 Å². The van der Waals surface area contributed by atoms with Crippen LogP contribution in [0.3, 0.4) is 0 Å². The molecule has 16 heteroatoms. The number of rotatable bonds is 11. The van der Waals surface area contributed by atoms with Crippen LogP contribution in [-0.2, 0) is 42.9 Å². The number of fused-ring (bicyclic) bond motifs is 1. The molecule has 1 saturated heterocycles. The fourth-order valence-electron chi connectivity index (χ4n) is 5.27. The molecule has 0 N–H and O–H groups in total. The molecule has 0 unspecified atom stereocenters. The number of hydrogen-bond acceptors (Lipinski definition) is 16. The van der Waals surface area contributed by atoms with Crippen molar-refractivity contribution in [3.8, 4) is 17.2 Å². The minimum absolute atomic E-state index is 0.0344. The largest absolute Gasteiger partial charge is 0.463 e. The molecular weight excluding hydrogens is 700 g/mol. The number of carbonyl (C=O) groups is 6. The van der Waals surface area contributed by atoms with Gasteiger partial charge in [0.2, 0.25) is 12.4 Å². The molecule has 1 fully saturated rings. The quantitative estimate of drug-likeness (QED) is 0.0933. The van der Waals surface area contributed by atoms with Gasteiger partial charge in [0.25, 0.3) is 5.75 Å². The number of carbonyl (C=O) groups excluding carboxylic acids is 6. The van der Waals surface area contributed by atoms with Crippen molar-refractivity contribution in [3.05, 3.63) is 100 Å². The maximum atomic E-state index is 13.6. The Morgan fingerprint density at radius 1 is 0.623 bits per heavy atom. The van der Waals surface area contributed by atoms with Crippen LogP contribution in [0.25, 0.3) is 11.0 Å². The lowest BCUT2D eigenvalue weighted by Crippen LogP contribution is -2.63. The highest BCUT2D eigenvalue weighted by atomic mass is 16.7. The maximum absolute atomic E-state index is 13.6. The van der Waals surface area contributed by atoms with Crippen LogP contribution in [-0.4, -0.2) is 73.1 Å². The fraction of sp³-hybridized carbons (Fsp3) is 0.270. The van der Waals surface area contributed by atoms with Crippen molar-refractivity contribution in [2.75, 3.05) is 6.61 Å². The van der Waals surface area contributed by atoms with Crippen molar-refractivity contribution in [1.29, 1.82) is 0 Å². The first-order chi connectivity index (χ1) is 25.3. The summed E-state index contributed by atoms with van der Waals surface area (Å²) in [6.45, 7) is 3.68. The molecule has 276 valence electrons. The van der Waals surface area contributed by atoms with Gasteiger partial charge in [0.05, 0.1) is 16.5 Å². The molecule has 1 aromatic heterocycles. The smallest absolute Gasteiger partial charge is 0.383 e. The van der Waals surface area contributed by atoms with Crippen LogP contribution >= 0.6 is 0 Å². The molecule has 0 saturated carbocycles. The van der Waals surface area contributed by atoms with Crippen molar-refractivity contribution < 1.29 is 71.1 Å². The normalized spacial score (nSPS) is 19.3. The highest BCUT2D eigenvalue weighted by Gasteiger charge is 2.53. The second-order valence-electron chi connectivity index (χ2n) is 11.4. The summed E-state index contributed by atoms with van der Waals surface area (Å²) < 4.78 is 50.2. The summed E-state index contributed by atoms with van der Waals surface area (Å²) in [7, 11) is 0. The highest BCUT2D eigenvalue weighted by molar-refractivity contribution is 5.94. The van der Waals surface area contributed by atoms with Crippen LogP contribution in [0.15, 0.2) is 88.1 Å². The van der Waals surface area contributed by atoms with E-state index in [9.17, 15) is 33.6 Å². The van der Waals surface area contributed by atoms with E-state index in [2.05, 4.69) is 0 Å². The molecular formula is C37H32O16. The van der Waals surface area contributed by atoms with Gasteiger partial charge in [-0.1, -0.05) is 36.4 Å². The predicted molar refractivity (Wildman–Crippen MR) is 178 cm³/mol. The molecule has 53 heavy (non-hydrogen) atoms. The molecule has 0 radical (unpaired) electrons. The van der Waals surface area contributed by atoms with Crippen LogP contribution in [0.4, 0.5) is 0 Å². The Balaban J connectivity index is 1.63. The number of esters is 6. The molecule has 5 atom stereocenters. The third kappa shape index (κ3) is 9.42. The van der Waals surface area contributed by atoms with Gasteiger partial charge in [-0.05, 0) is 36.4 Å². The molecule has 1 aliphatic heterocycles. The Kier molecular flexibility index (Phi) is 11.8. The SMILES string of the molecule is CC(=O)OC[C@H]1O[C@H](Oc2c(OC(=O)c3ccccc3)c(=O)oc3cc(OC(=O)c4ccccc4)ccc23)[C@@H](OC(C)=O)[C@@H](OC(C)=O)[C@@H]1OC(C)=O. The topological polar surface area (TPSA) is 206 Å². The lowest BCUT2D eigenvalue weighted by atomic mass is 9.98. The van der Waals surface area contributed by atoms with Gasteiger partial charge in [-0.3, -0.25) is 19.2 Å². The van der Waals surface area contributed by atoms with Crippen molar-refractivity contribution in [2.24, 2.45) is 0 Å². The van der Waals surface area contributed by atoms with Gasteiger partial charge in [-0.15, -0.1) is 0 Å². The van der Waals surface area contributed by atoms with Gasteiger partial charge >= 0.3 is 41.4 Å². The van der Waals surface area contributed by atoms with E-state index in [1.54, 1.807) is 36.4 Å². The first kappa shape index (κ1) is 37.7. The summed E-state index contributed by atoms with van der Waals surface area (Å²) in [4.78, 5) is 88.2. The monoisotopic (exact) mass is 732 g/mol. The van der Waals surface area contributed by atoms with Gasteiger partial charge in [-0.2, -0.15) is 0 Å².